The molecule has 1 amide bonds. The van der Waals surface area contributed by atoms with Crippen molar-refractivity contribution in [2.45, 2.75) is 19.9 Å². The Morgan fingerprint density at radius 2 is 2.05 bits per heavy atom. The number of carboxylic acid groups (broad SMARTS) is 1. The molecule has 0 aliphatic carbocycles. The average molecular weight is 325 g/mol. The van der Waals surface area contributed by atoms with Gasteiger partial charge >= 0.3 is 5.97 Å². The molecule has 1 aromatic carbocycles. The van der Waals surface area contributed by atoms with Crippen LogP contribution in [0.2, 0.25) is 5.02 Å². The van der Waals surface area contributed by atoms with Crippen LogP contribution in [0.25, 0.3) is 0 Å². The van der Waals surface area contributed by atoms with Crippen LogP contribution >= 0.6 is 22.9 Å². The summed E-state index contributed by atoms with van der Waals surface area (Å²) in [6.45, 7) is 3.38. The first-order valence-corrected chi connectivity index (χ1v) is 7.35. The maximum atomic E-state index is 12.1. The SMILES string of the molecule is Cc1nc(C(C)NC(=O)c2ccccc2Cl)sc1C(=O)O. The monoisotopic (exact) mass is 324 g/mol. The molecule has 0 saturated carbocycles. The van der Waals surface area contributed by atoms with E-state index in [2.05, 4.69) is 10.3 Å². The van der Waals surface area contributed by atoms with Crippen LogP contribution < -0.4 is 5.32 Å². The van der Waals surface area contributed by atoms with Crippen LogP contribution in [0.1, 0.15) is 43.7 Å². The second-order valence-corrected chi connectivity index (χ2v) is 5.88. The first-order valence-electron chi connectivity index (χ1n) is 6.16. The van der Waals surface area contributed by atoms with Crippen LogP contribution in [0.3, 0.4) is 0 Å². The normalized spacial score (nSPS) is 12.0. The molecule has 1 unspecified atom stereocenters. The first kappa shape index (κ1) is 15.5. The Bertz CT molecular complexity index is 699. The number of hydrogen-bond donors (Lipinski definition) is 2. The van der Waals surface area contributed by atoms with E-state index in [0.29, 0.717) is 21.3 Å². The number of carbonyl (C=O) groups excluding carboxylic acids is 1. The maximum absolute atomic E-state index is 12.1. The zero-order valence-corrected chi connectivity index (χ0v) is 13.0. The quantitative estimate of drug-likeness (QED) is 0.904. The lowest BCUT2D eigenvalue weighted by Crippen LogP contribution is -2.26. The highest BCUT2D eigenvalue weighted by molar-refractivity contribution is 7.13. The lowest BCUT2D eigenvalue weighted by atomic mass is 10.2. The van der Waals surface area contributed by atoms with Gasteiger partial charge in [0, 0.05) is 0 Å². The summed E-state index contributed by atoms with van der Waals surface area (Å²) in [6.07, 6.45) is 0. The van der Waals surface area contributed by atoms with Gasteiger partial charge in [0.05, 0.1) is 22.3 Å². The molecule has 0 aliphatic heterocycles. The summed E-state index contributed by atoms with van der Waals surface area (Å²) < 4.78 is 0. The van der Waals surface area contributed by atoms with Crippen molar-refractivity contribution < 1.29 is 14.7 Å². The number of aromatic nitrogens is 1. The number of thiazole rings is 1. The molecule has 0 saturated heterocycles. The smallest absolute Gasteiger partial charge is 0.347 e. The molecule has 1 atom stereocenters. The summed E-state index contributed by atoms with van der Waals surface area (Å²) >= 11 is 7.03. The second kappa shape index (κ2) is 6.24. The van der Waals surface area contributed by atoms with Gasteiger partial charge in [-0.1, -0.05) is 23.7 Å². The fourth-order valence-corrected chi connectivity index (χ4v) is 2.91. The van der Waals surface area contributed by atoms with Crippen LogP contribution in [0.4, 0.5) is 0 Å². The number of halogens is 1. The molecular weight excluding hydrogens is 312 g/mol. The predicted octanol–water partition coefficient (Wildman–Crippen LogP) is 3.29. The zero-order chi connectivity index (χ0) is 15.6. The first-order chi connectivity index (χ1) is 9.90. The summed E-state index contributed by atoms with van der Waals surface area (Å²) in [4.78, 5) is 27.5. The van der Waals surface area contributed by atoms with Crippen molar-refractivity contribution in [2.24, 2.45) is 0 Å². The minimum atomic E-state index is -1.01. The summed E-state index contributed by atoms with van der Waals surface area (Å²) in [5, 5.41) is 12.7. The van der Waals surface area contributed by atoms with Crippen LogP contribution in [0.15, 0.2) is 24.3 Å². The lowest BCUT2D eigenvalue weighted by molar-refractivity contribution is 0.0701. The Morgan fingerprint density at radius 1 is 1.38 bits per heavy atom. The number of nitrogens with zero attached hydrogens (tertiary/aromatic N) is 1. The molecule has 7 heteroatoms. The molecule has 1 aromatic heterocycles. The van der Waals surface area contributed by atoms with E-state index in [1.807, 2.05) is 0 Å². The third kappa shape index (κ3) is 3.40. The van der Waals surface area contributed by atoms with E-state index in [9.17, 15) is 9.59 Å². The molecule has 1 heterocycles. The van der Waals surface area contributed by atoms with Crippen molar-refractivity contribution in [1.82, 2.24) is 10.3 Å². The number of rotatable bonds is 4. The van der Waals surface area contributed by atoms with Gasteiger partial charge in [0.2, 0.25) is 0 Å². The third-order valence-corrected chi connectivity index (χ3v) is 4.50. The summed E-state index contributed by atoms with van der Waals surface area (Å²) in [5.41, 5.74) is 0.819. The predicted molar refractivity (Wildman–Crippen MR) is 81.1 cm³/mol. The van der Waals surface area contributed by atoms with Crippen LogP contribution in [0.5, 0.6) is 0 Å². The number of carbonyl (C=O) groups is 2. The second-order valence-electron chi connectivity index (χ2n) is 4.45. The minimum absolute atomic E-state index is 0.184. The molecule has 0 radical (unpaired) electrons. The van der Waals surface area contributed by atoms with Gasteiger partial charge in [0.25, 0.3) is 5.91 Å². The molecule has 5 nitrogen and oxygen atoms in total. The van der Waals surface area contributed by atoms with E-state index < -0.39 is 12.0 Å². The minimum Gasteiger partial charge on any atom is -0.477 e. The largest absolute Gasteiger partial charge is 0.477 e. The van der Waals surface area contributed by atoms with E-state index >= 15 is 0 Å². The Kier molecular flexibility index (Phi) is 4.59. The molecule has 0 aliphatic rings. The number of hydrogen-bond acceptors (Lipinski definition) is 4. The van der Waals surface area contributed by atoms with E-state index in [1.54, 1.807) is 38.1 Å². The van der Waals surface area contributed by atoms with Crippen molar-refractivity contribution in [3.05, 3.63) is 50.4 Å². The van der Waals surface area contributed by atoms with Gasteiger partial charge in [-0.25, -0.2) is 9.78 Å². The highest BCUT2D eigenvalue weighted by atomic mass is 35.5. The number of carboxylic acids is 1. The van der Waals surface area contributed by atoms with E-state index in [0.717, 1.165) is 11.3 Å². The Labute approximate surface area is 130 Å². The van der Waals surface area contributed by atoms with E-state index in [-0.39, 0.29) is 10.8 Å². The number of aryl methyl sites for hydroxylation is 1. The van der Waals surface area contributed by atoms with Crippen molar-refractivity contribution in [2.75, 3.05) is 0 Å². The molecule has 21 heavy (non-hydrogen) atoms. The van der Waals surface area contributed by atoms with E-state index in [4.69, 9.17) is 16.7 Å². The molecular formula is C14H13ClN2O3S. The van der Waals surface area contributed by atoms with Crippen LogP contribution in [-0.2, 0) is 0 Å². The highest BCUT2D eigenvalue weighted by Gasteiger charge is 2.20. The maximum Gasteiger partial charge on any atom is 0.347 e. The number of aromatic carboxylic acids is 1. The summed E-state index contributed by atoms with van der Waals surface area (Å²) in [5.74, 6) is -1.33. The third-order valence-electron chi connectivity index (χ3n) is 2.84. The Hall–Kier alpha value is -1.92. The van der Waals surface area contributed by atoms with Crippen molar-refractivity contribution in [3.63, 3.8) is 0 Å². The number of amides is 1. The summed E-state index contributed by atoms with van der Waals surface area (Å²) in [6, 6.07) is 6.33. The molecule has 2 rings (SSSR count). The topological polar surface area (TPSA) is 79.3 Å². The molecule has 110 valence electrons. The lowest BCUT2D eigenvalue weighted by Gasteiger charge is -2.11. The highest BCUT2D eigenvalue weighted by Crippen LogP contribution is 2.24. The van der Waals surface area contributed by atoms with E-state index in [1.165, 1.54) is 0 Å². The van der Waals surface area contributed by atoms with Crippen molar-refractivity contribution >= 4 is 34.8 Å². The number of benzene rings is 1. The van der Waals surface area contributed by atoms with Gasteiger partial charge in [0.15, 0.2) is 0 Å². The molecule has 0 spiro atoms. The fourth-order valence-electron chi connectivity index (χ4n) is 1.78. The Balaban J connectivity index is 2.16. The van der Waals surface area contributed by atoms with Gasteiger partial charge < -0.3 is 10.4 Å². The van der Waals surface area contributed by atoms with Crippen LogP contribution in [0, 0.1) is 6.92 Å². The van der Waals surface area contributed by atoms with Gasteiger partial charge in [-0.15, -0.1) is 11.3 Å². The number of nitrogens with one attached hydrogen (secondary N) is 1. The molecule has 2 N–H and O–H groups in total. The van der Waals surface area contributed by atoms with Crippen molar-refractivity contribution in [1.29, 1.82) is 0 Å². The zero-order valence-electron chi connectivity index (χ0n) is 11.4. The van der Waals surface area contributed by atoms with Crippen LogP contribution in [-0.4, -0.2) is 22.0 Å². The average Bonchev–Trinajstić information content (AvgIpc) is 2.81. The van der Waals surface area contributed by atoms with Gasteiger partial charge in [0.1, 0.15) is 9.88 Å². The molecule has 0 bridgehead atoms. The van der Waals surface area contributed by atoms with Crippen molar-refractivity contribution in [3.8, 4) is 0 Å². The molecule has 2 aromatic rings. The standard InChI is InChI=1S/C14H13ClN2O3S/c1-7-11(14(19)20)21-13(17-7)8(2)16-12(18)9-5-3-4-6-10(9)15/h3-6,8H,1-2H3,(H,16,18)(H,19,20). The fraction of sp³-hybridized carbons (Fsp3) is 0.214. The molecule has 0 fully saturated rings. The Morgan fingerprint density at radius 3 is 2.62 bits per heavy atom. The van der Waals surface area contributed by atoms with Gasteiger partial charge in [-0.3, -0.25) is 4.79 Å². The summed E-state index contributed by atoms with van der Waals surface area (Å²) in [7, 11) is 0. The van der Waals surface area contributed by atoms with Gasteiger partial charge in [-0.2, -0.15) is 0 Å². The van der Waals surface area contributed by atoms with Gasteiger partial charge in [-0.05, 0) is 26.0 Å².